The van der Waals surface area contributed by atoms with Gasteiger partial charge >= 0.3 is 0 Å². The van der Waals surface area contributed by atoms with Crippen LogP contribution in [-0.2, 0) is 0 Å². The summed E-state index contributed by atoms with van der Waals surface area (Å²) in [5.41, 5.74) is 0.747. The summed E-state index contributed by atoms with van der Waals surface area (Å²) in [4.78, 5) is 3.79. The fourth-order valence-electron chi connectivity index (χ4n) is 1.84. The zero-order chi connectivity index (χ0) is 11.8. The SMILES string of the molecule is OC(c1ccc[nH]1)c1cc2cc(F)ccc2s1. The molecule has 1 aromatic carbocycles. The van der Waals surface area contributed by atoms with E-state index in [1.54, 1.807) is 12.3 Å². The second kappa shape index (κ2) is 3.98. The van der Waals surface area contributed by atoms with Crippen LogP contribution in [0.3, 0.4) is 0 Å². The Balaban J connectivity index is 2.06. The van der Waals surface area contributed by atoms with Crippen LogP contribution in [0.2, 0.25) is 0 Å². The van der Waals surface area contributed by atoms with Gasteiger partial charge in [0.15, 0.2) is 0 Å². The van der Waals surface area contributed by atoms with Crippen molar-refractivity contribution in [2.24, 2.45) is 0 Å². The third kappa shape index (κ3) is 1.85. The highest BCUT2D eigenvalue weighted by molar-refractivity contribution is 7.19. The molecule has 0 aliphatic carbocycles. The van der Waals surface area contributed by atoms with E-state index >= 15 is 0 Å². The molecule has 0 bridgehead atoms. The lowest BCUT2D eigenvalue weighted by Crippen LogP contribution is -1.96. The summed E-state index contributed by atoms with van der Waals surface area (Å²) in [6, 6.07) is 10.1. The van der Waals surface area contributed by atoms with Gasteiger partial charge < -0.3 is 10.1 Å². The summed E-state index contributed by atoms with van der Waals surface area (Å²) in [6.07, 6.45) is 1.09. The molecule has 86 valence electrons. The van der Waals surface area contributed by atoms with Crippen LogP contribution >= 0.6 is 11.3 Å². The summed E-state index contributed by atoms with van der Waals surface area (Å²) >= 11 is 1.48. The molecule has 1 unspecified atom stereocenters. The lowest BCUT2D eigenvalue weighted by molar-refractivity contribution is 0.220. The fourth-order valence-corrected chi connectivity index (χ4v) is 2.89. The largest absolute Gasteiger partial charge is 0.381 e. The van der Waals surface area contributed by atoms with Gasteiger partial charge in [-0.2, -0.15) is 0 Å². The number of hydrogen-bond donors (Lipinski definition) is 2. The zero-order valence-electron chi connectivity index (χ0n) is 8.85. The third-order valence-electron chi connectivity index (χ3n) is 2.68. The van der Waals surface area contributed by atoms with E-state index in [1.165, 1.54) is 23.5 Å². The molecule has 2 nitrogen and oxygen atoms in total. The first kappa shape index (κ1) is 10.5. The molecule has 2 heterocycles. The van der Waals surface area contributed by atoms with E-state index in [1.807, 2.05) is 18.2 Å². The van der Waals surface area contributed by atoms with Crippen molar-refractivity contribution in [2.45, 2.75) is 6.10 Å². The van der Waals surface area contributed by atoms with E-state index < -0.39 is 6.10 Å². The van der Waals surface area contributed by atoms with E-state index in [0.717, 1.165) is 20.7 Å². The van der Waals surface area contributed by atoms with Gasteiger partial charge in [0.2, 0.25) is 0 Å². The maximum absolute atomic E-state index is 13.1. The molecular formula is C13H10FNOS. The first-order chi connectivity index (χ1) is 8.24. The van der Waals surface area contributed by atoms with Gasteiger partial charge in [-0.15, -0.1) is 11.3 Å². The second-order valence-electron chi connectivity index (χ2n) is 3.86. The molecule has 0 fully saturated rings. The molecule has 2 aromatic heterocycles. The highest BCUT2D eigenvalue weighted by Gasteiger charge is 2.14. The summed E-state index contributed by atoms with van der Waals surface area (Å²) in [7, 11) is 0. The Morgan fingerprint density at radius 2 is 2.12 bits per heavy atom. The van der Waals surface area contributed by atoms with Crippen LogP contribution in [0.1, 0.15) is 16.7 Å². The van der Waals surface area contributed by atoms with Crippen LogP contribution < -0.4 is 0 Å². The maximum atomic E-state index is 13.1. The Morgan fingerprint density at radius 1 is 1.24 bits per heavy atom. The molecular weight excluding hydrogens is 237 g/mol. The lowest BCUT2D eigenvalue weighted by atomic mass is 10.2. The zero-order valence-corrected chi connectivity index (χ0v) is 9.67. The van der Waals surface area contributed by atoms with Gasteiger partial charge in [-0.3, -0.25) is 0 Å². The van der Waals surface area contributed by atoms with Crippen molar-refractivity contribution in [1.29, 1.82) is 0 Å². The molecule has 0 aliphatic heterocycles. The monoisotopic (exact) mass is 247 g/mol. The molecule has 0 saturated heterocycles. The number of hydrogen-bond acceptors (Lipinski definition) is 2. The Bertz CT molecular complexity index is 645. The first-order valence-corrected chi connectivity index (χ1v) is 6.06. The minimum absolute atomic E-state index is 0.254. The Labute approximate surface area is 101 Å². The van der Waals surface area contributed by atoms with Gasteiger partial charge in [-0.25, -0.2) is 4.39 Å². The molecule has 3 rings (SSSR count). The van der Waals surface area contributed by atoms with Gasteiger partial charge in [0.1, 0.15) is 11.9 Å². The van der Waals surface area contributed by atoms with Gasteiger partial charge in [0, 0.05) is 21.5 Å². The first-order valence-electron chi connectivity index (χ1n) is 5.24. The quantitative estimate of drug-likeness (QED) is 0.715. The molecule has 1 atom stereocenters. The molecule has 0 aliphatic rings. The highest BCUT2D eigenvalue weighted by Crippen LogP contribution is 2.32. The number of fused-ring (bicyclic) bond motifs is 1. The van der Waals surface area contributed by atoms with E-state index in [2.05, 4.69) is 4.98 Å². The van der Waals surface area contributed by atoms with Crippen LogP contribution in [0.25, 0.3) is 10.1 Å². The topological polar surface area (TPSA) is 36.0 Å². The predicted octanol–water partition coefficient (Wildman–Crippen LogP) is 3.45. The normalized spacial score (nSPS) is 13.1. The van der Waals surface area contributed by atoms with Crippen molar-refractivity contribution < 1.29 is 9.50 Å². The molecule has 0 amide bonds. The van der Waals surface area contributed by atoms with Crippen LogP contribution in [0.15, 0.2) is 42.6 Å². The maximum Gasteiger partial charge on any atom is 0.128 e. The van der Waals surface area contributed by atoms with Crippen molar-refractivity contribution in [3.05, 3.63) is 59.0 Å². The average Bonchev–Trinajstić information content (AvgIpc) is 2.96. The van der Waals surface area contributed by atoms with E-state index in [-0.39, 0.29) is 5.82 Å². The number of halogens is 1. The number of aromatic nitrogens is 1. The smallest absolute Gasteiger partial charge is 0.128 e. The summed E-state index contributed by atoms with van der Waals surface area (Å²) in [6.45, 7) is 0. The highest BCUT2D eigenvalue weighted by atomic mass is 32.1. The van der Waals surface area contributed by atoms with E-state index in [9.17, 15) is 9.50 Å². The fraction of sp³-hybridized carbons (Fsp3) is 0.0769. The minimum Gasteiger partial charge on any atom is -0.381 e. The van der Waals surface area contributed by atoms with Crippen molar-refractivity contribution in [3.8, 4) is 0 Å². The molecule has 17 heavy (non-hydrogen) atoms. The van der Waals surface area contributed by atoms with Crippen molar-refractivity contribution >= 4 is 21.4 Å². The molecule has 0 radical (unpaired) electrons. The number of H-pyrrole nitrogens is 1. The number of benzene rings is 1. The van der Waals surface area contributed by atoms with Gasteiger partial charge in [0.25, 0.3) is 0 Å². The number of nitrogens with one attached hydrogen (secondary N) is 1. The lowest BCUT2D eigenvalue weighted by Gasteiger charge is -2.04. The van der Waals surface area contributed by atoms with Crippen molar-refractivity contribution in [3.63, 3.8) is 0 Å². The number of aliphatic hydroxyl groups excluding tert-OH is 1. The number of rotatable bonds is 2. The molecule has 4 heteroatoms. The summed E-state index contributed by atoms with van der Waals surface area (Å²) in [5, 5.41) is 11.0. The van der Waals surface area contributed by atoms with Crippen molar-refractivity contribution in [1.82, 2.24) is 4.98 Å². The van der Waals surface area contributed by atoms with Crippen LogP contribution in [0.5, 0.6) is 0 Å². The van der Waals surface area contributed by atoms with Crippen LogP contribution in [-0.4, -0.2) is 10.1 Å². The third-order valence-corrected chi connectivity index (χ3v) is 3.85. The van der Waals surface area contributed by atoms with E-state index in [4.69, 9.17) is 0 Å². The van der Waals surface area contributed by atoms with E-state index in [0.29, 0.717) is 0 Å². The number of aromatic amines is 1. The standard InChI is InChI=1S/C13H10FNOS/c14-9-3-4-11-8(6-9)7-12(17-11)13(16)10-2-1-5-15-10/h1-7,13,15-16H. The number of aliphatic hydroxyl groups is 1. The molecule has 3 aromatic rings. The van der Waals surface area contributed by atoms with Crippen LogP contribution in [0, 0.1) is 5.82 Å². The molecule has 0 saturated carbocycles. The molecule has 2 N–H and O–H groups in total. The Kier molecular flexibility index (Phi) is 2.46. The predicted molar refractivity (Wildman–Crippen MR) is 66.6 cm³/mol. The molecule has 0 spiro atoms. The second-order valence-corrected chi connectivity index (χ2v) is 4.97. The van der Waals surface area contributed by atoms with Crippen molar-refractivity contribution in [2.75, 3.05) is 0 Å². The Morgan fingerprint density at radius 3 is 2.88 bits per heavy atom. The van der Waals surface area contributed by atoms with Gasteiger partial charge in [-0.1, -0.05) is 0 Å². The summed E-state index contributed by atoms with van der Waals surface area (Å²) < 4.78 is 14.0. The van der Waals surface area contributed by atoms with Crippen LogP contribution in [0.4, 0.5) is 4.39 Å². The Hall–Kier alpha value is -1.65. The minimum atomic E-state index is -0.675. The number of thiophene rings is 1. The average molecular weight is 247 g/mol. The van der Waals surface area contributed by atoms with Gasteiger partial charge in [-0.05, 0) is 41.8 Å². The summed E-state index contributed by atoms with van der Waals surface area (Å²) in [5.74, 6) is -0.254. The van der Waals surface area contributed by atoms with Gasteiger partial charge in [0.05, 0.1) is 0 Å².